The predicted molar refractivity (Wildman–Crippen MR) is 86.8 cm³/mol. The van der Waals surface area contributed by atoms with E-state index in [2.05, 4.69) is 12.2 Å². The van der Waals surface area contributed by atoms with Gasteiger partial charge < -0.3 is 9.47 Å². The van der Waals surface area contributed by atoms with Gasteiger partial charge in [-0.15, -0.1) is 0 Å². The molecule has 4 aliphatic rings. The number of allylic oxidation sites excluding steroid dienone is 2. The van der Waals surface area contributed by atoms with Crippen LogP contribution in [0.5, 0.6) is 11.5 Å². The molecule has 3 aliphatic carbocycles. The molecule has 2 saturated carbocycles. The highest BCUT2D eigenvalue weighted by atomic mass is 16.5. The summed E-state index contributed by atoms with van der Waals surface area (Å²) in [5, 5.41) is 0. The number of anilines is 1. The van der Waals surface area contributed by atoms with E-state index in [-0.39, 0.29) is 40.9 Å². The summed E-state index contributed by atoms with van der Waals surface area (Å²) in [4.78, 5) is 27.6. The van der Waals surface area contributed by atoms with Crippen molar-refractivity contribution in [2.45, 2.75) is 12.8 Å². The molecule has 1 aromatic rings. The zero-order valence-corrected chi connectivity index (χ0v) is 13.7. The van der Waals surface area contributed by atoms with Gasteiger partial charge in [0.05, 0.1) is 31.7 Å². The monoisotopic (exact) mass is 325 g/mol. The van der Waals surface area contributed by atoms with Crippen molar-refractivity contribution in [1.29, 1.82) is 0 Å². The molecule has 3 unspecified atom stereocenters. The average molecular weight is 325 g/mol. The Morgan fingerprint density at radius 1 is 1.00 bits per heavy atom. The van der Waals surface area contributed by atoms with Gasteiger partial charge in [0, 0.05) is 6.07 Å². The number of ether oxygens (including phenoxy) is 2. The van der Waals surface area contributed by atoms with Gasteiger partial charge in [-0.1, -0.05) is 12.2 Å². The second kappa shape index (κ2) is 4.41. The van der Waals surface area contributed by atoms with Gasteiger partial charge in [0.2, 0.25) is 11.8 Å². The Bertz CT molecular complexity index is 761. The second-order valence-corrected chi connectivity index (χ2v) is 7.27. The molecule has 4 atom stereocenters. The van der Waals surface area contributed by atoms with Gasteiger partial charge in [-0.05, 0) is 42.2 Å². The number of fused-ring (bicyclic) bond motifs is 3. The Hall–Kier alpha value is -2.30. The summed E-state index contributed by atoms with van der Waals surface area (Å²) in [5.74, 6) is 0.995. The SMILES string of the molecule is COc1ccc(OC)c(N2C(=O)C3C4C=CC([C@@H]3C2=O)C42CC2)c1. The van der Waals surface area contributed by atoms with Gasteiger partial charge >= 0.3 is 0 Å². The lowest BCUT2D eigenvalue weighted by molar-refractivity contribution is -0.123. The van der Waals surface area contributed by atoms with E-state index in [9.17, 15) is 9.59 Å². The van der Waals surface area contributed by atoms with Crippen LogP contribution in [0.3, 0.4) is 0 Å². The van der Waals surface area contributed by atoms with Crippen LogP contribution in [0, 0.1) is 29.1 Å². The Morgan fingerprint density at radius 3 is 2.12 bits per heavy atom. The maximum Gasteiger partial charge on any atom is 0.238 e. The van der Waals surface area contributed by atoms with Gasteiger partial charge in [-0.3, -0.25) is 9.59 Å². The number of amides is 2. The Labute approximate surface area is 140 Å². The number of hydrogen-bond acceptors (Lipinski definition) is 4. The smallest absolute Gasteiger partial charge is 0.238 e. The van der Waals surface area contributed by atoms with E-state index in [1.54, 1.807) is 32.4 Å². The molecule has 5 rings (SSSR count). The van der Waals surface area contributed by atoms with Crippen molar-refractivity contribution in [3.8, 4) is 11.5 Å². The molecule has 5 nitrogen and oxygen atoms in total. The maximum absolute atomic E-state index is 13.1. The Kier molecular flexibility index (Phi) is 2.58. The minimum Gasteiger partial charge on any atom is -0.497 e. The van der Waals surface area contributed by atoms with Gasteiger partial charge in [-0.2, -0.15) is 0 Å². The number of carbonyl (C=O) groups excluding carboxylic acids is 2. The number of hydrogen-bond donors (Lipinski definition) is 0. The van der Waals surface area contributed by atoms with Crippen LogP contribution in [0.15, 0.2) is 30.4 Å². The van der Waals surface area contributed by atoms with Crippen LogP contribution in [0.4, 0.5) is 5.69 Å². The summed E-state index contributed by atoms with van der Waals surface area (Å²) >= 11 is 0. The van der Waals surface area contributed by atoms with Crippen LogP contribution < -0.4 is 14.4 Å². The molecule has 3 fully saturated rings. The molecule has 2 amide bonds. The van der Waals surface area contributed by atoms with Gasteiger partial charge in [0.25, 0.3) is 0 Å². The number of methoxy groups -OCH3 is 2. The highest BCUT2D eigenvalue weighted by Crippen LogP contribution is 2.73. The third-order valence-electron chi connectivity index (χ3n) is 6.48. The largest absolute Gasteiger partial charge is 0.497 e. The second-order valence-electron chi connectivity index (χ2n) is 7.27. The van der Waals surface area contributed by atoms with E-state index < -0.39 is 0 Å². The lowest BCUT2D eigenvalue weighted by atomic mass is 9.85. The summed E-state index contributed by atoms with van der Waals surface area (Å²) in [5.41, 5.74) is 0.705. The zero-order chi connectivity index (χ0) is 16.6. The highest BCUT2D eigenvalue weighted by molar-refractivity contribution is 6.23. The topological polar surface area (TPSA) is 55.8 Å². The molecular formula is C19H19NO4. The van der Waals surface area contributed by atoms with Crippen LogP contribution in [0.1, 0.15) is 12.8 Å². The molecule has 5 heteroatoms. The van der Waals surface area contributed by atoms with Crippen LogP contribution >= 0.6 is 0 Å². The Morgan fingerprint density at radius 2 is 1.62 bits per heavy atom. The minimum absolute atomic E-state index is 0.0836. The van der Waals surface area contributed by atoms with Crippen molar-refractivity contribution in [2.24, 2.45) is 29.1 Å². The molecule has 24 heavy (non-hydrogen) atoms. The highest BCUT2D eigenvalue weighted by Gasteiger charge is 2.73. The Balaban J connectivity index is 1.59. The van der Waals surface area contributed by atoms with E-state index in [0.29, 0.717) is 17.2 Å². The number of rotatable bonds is 3. The molecule has 124 valence electrons. The quantitative estimate of drug-likeness (QED) is 0.632. The molecule has 2 bridgehead atoms. The number of carbonyl (C=O) groups is 2. The fraction of sp³-hybridized carbons (Fsp3) is 0.474. The van der Waals surface area contributed by atoms with Gasteiger partial charge in [0.1, 0.15) is 11.5 Å². The molecule has 1 heterocycles. The third-order valence-corrected chi connectivity index (χ3v) is 6.48. The first-order chi connectivity index (χ1) is 11.6. The molecule has 1 saturated heterocycles. The normalized spacial score (nSPS) is 34.2. The van der Waals surface area contributed by atoms with E-state index >= 15 is 0 Å². The molecular weight excluding hydrogens is 306 g/mol. The summed E-state index contributed by atoms with van der Waals surface area (Å²) in [6.45, 7) is 0. The standard InChI is InChI=1S/C19H19NO4/c1-23-10-3-6-14(24-2)13(9-10)20-17(21)15-11-4-5-12(16(15)18(20)22)19(11)7-8-19/h3-6,9,11-12,15-16H,7-8H2,1-2H3/t11?,12?,15-,16?/m0/s1. The maximum atomic E-state index is 13.1. The molecule has 1 aromatic carbocycles. The van der Waals surface area contributed by atoms with E-state index in [0.717, 1.165) is 12.8 Å². The van der Waals surface area contributed by atoms with E-state index in [4.69, 9.17) is 9.47 Å². The van der Waals surface area contributed by atoms with Crippen molar-refractivity contribution >= 4 is 17.5 Å². The summed E-state index contributed by atoms with van der Waals surface area (Å²) in [6, 6.07) is 5.20. The fourth-order valence-corrected chi connectivity index (χ4v) is 5.29. The van der Waals surface area contributed by atoms with Crippen molar-refractivity contribution in [3.63, 3.8) is 0 Å². The summed E-state index contributed by atoms with van der Waals surface area (Å²) in [7, 11) is 3.11. The molecule has 0 radical (unpaired) electrons. The lowest BCUT2D eigenvalue weighted by Gasteiger charge is -2.23. The lowest BCUT2D eigenvalue weighted by Crippen LogP contribution is -2.35. The van der Waals surface area contributed by atoms with Crippen molar-refractivity contribution in [3.05, 3.63) is 30.4 Å². The fourth-order valence-electron chi connectivity index (χ4n) is 5.29. The molecule has 1 spiro atoms. The van der Waals surface area contributed by atoms with Crippen molar-refractivity contribution < 1.29 is 19.1 Å². The zero-order valence-electron chi connectivity index (χ0n) is 13.7. The van der Waals surface area contributed by atoms with Gasteiger partial charge in [-0.25, -0.2) is 4.90 Å². The number of benzene rings is 1. The summed E-state index contributed by atoms with van der Waals surface area (Å²) in [6.07, 6.45) is 6.64. The number of nitrogens with zero attached hydrogens (tertiary/aromatic N) is 1. The minimum atomic E-state index is -0.203. The molecule has 0 aromatic heterocycles. The first kappa shape index (κ1) is 14.1. The van der Waals surface area contributed by atoms with Crippen molar-refractivity contribution in [2.75, 3.05) is 19.1 Å². The van der Waals surface area contributed by atoms with E-state index in [1.807, 2.05) is 0 Å². The molecule has 0 N–H and O–H groups in total. The predicted octanol–water partition coefficient (Wildman–Crippen LogP) is 2.41. The van der Waals surface area contributed by atoms with Crippen molar-refractivity contribution in [1.82, 2.24) is 0 Å². The van der Waals surface area contributed by atoms with Crippen LogP contribution in [0.25, 0.3) is 0 Å². The first-order valence-corrected chi connectivity index (χ1v) is 8.40. The summed E-state index contributed by atoms with van der Waals surface area (Å²) < 4.78 is 10.6. The van der Waals surface area contributed by atoms with Crippen LogP contribution in [-0.2, 0) is 9.59 Å². The third kappa shape index (κ3) is 1.46. The van der Waals surface area contributed by atoms with E-state index in [1.165, 1.54) is 4.90 Å². The first-order valence-electron chi connectivity index (χ1n) is 8.40. The van der Waals surface area contributed by atoms with Crippen LogP contribution in [-0.4, -0.2) is 26.0 Å². The molecule has 1 aliphatic heterocycles. The average Bonchev–Trinajstić information content (AvgIpc) is 3.19. The van der Waals surface area contributed by atoms with Gasteiger partial charge in [0.15, 0.2) is 0 Å². The van der Waals surface area contributed by atoms with Crippen LogP contribution in [0.2, 0.25) is 0 Å². The number of imide groups is 1.